The number of carbonyl (C=O) groups excluding carboxylic acids is 1. The SMILES string of the molecule is CC1(C)CC(=O)NN1[C@@H](c1ccc2ccccc2c1)C(F)(F)F. The largest absolute Gasteiger partial charge is 0.409 e. The van der Waals surface area contributed by atoms with Crippen molar-refractivity contribution in [2.75, 3.05) is 0 Å². The van der Waals surface area contributed by atoms with Gasteiger partial charge in [0.1, 0.15) is 0 Å². The molecule has 1 aliphatic heterocycles. The molecule has 1 amide bonds. The zero-order valence-corrected chi connectivity index (χ0v) is 12.8. The first-order valence-corrected chi connectivity index (χ1v) is 7.33. The highest BCUT2D eigenvalue weighted by atomic mass is 19.4. The summed E-state index contributed by atoms with van der Waals surface area (Å²) in [5.41, 5.74) is 1.58. The number of alkyl halides is 3. The van der Waals surface area contributed by atoms with Gasteiger partial charge in [-0.25, -0.2) is 0 Å². The van der Waals surface area contributed by atoms with Crippen LogP contribution in [0.5, 0.6) is 0 Å². The summed E-state index contributed by atoms with van der Waals surface area (Å²) in [4.78, 5) is 11.6. The molecule has 2 aromatic carbocycles. The van der Waals surface area contributed by atoms with Crippen molar-refractivity contribution in [3.63, 3.8) is 0 Å². The Kier molecular flexibility index (Phi) is 3.59. The molecule has 1 heterocycles. The lowest BCUT2D eigenvalue weighted by Crippen LogP contribution is -2.51. The summed E-state index contributed by atoms with van der Waals surface area (Å²) in [6.07, 6.45) is -4.47. The molecule has 3 nitrogen and oxygen atoms in total. The van der Waals surface area contributed by atoms with E-state index in [0.717, 1.165) is 15.8 Å². The number of amides is 1. The van der Waals surface area contributed by atoms with Gasteiger partial charge in [0.05, 0.1) is 0 Å². The monoisotopic (exact) mass is 322 g/mol. The molecule has 0 aromatic heterocycles. The molecule has 1 aliphatic rings. The van der Waals surface area contributed by atoms with E-state index in [1.54, 1.807) is 32.0 Å². The minimum absolute atomic E-state index is 0.0349. The van der Waals surface area contributed by atoms with Gasteiger partial charge in [-0.2, -0.15) is 18.2 Å². The average Bonchev–Trinajstić information content (AvgIpc) is 2.70. The Morgan fingerprint density at radius 2 is 1.78 bits per heavy atom. The Bertz CT molecular complexity index is 755. The maximum Gasteiger partial charge on any atom is 0.409 e. The number of carbonyl (C=O) groups is 1. The number of hydrogen-bond donors (Lipinski definition) is 1. The van der Waals surface area contributed by atoms with Crippen LogP contribution in [0, 0.1) is 0 Å². The molecule has 23 heavy (non-hydrogen) atoms. The Balaban J connectivity index is 2.10. The summed E-state index contributed by atoms with van der Waals surface area (Å²) in [7, 11) is 0. The van der Waals surface area contributed by atoms with Crippen LogP contribution in [0.25, 0.3) is 10.8 Å². The van der Waals surface area contributed by atoms with E-state index in [0.29, 0.717) is 0 Å². The van der Waals surface area contributed by atoms with Crippen LogP contribution in [0.2, 0.25) is 0 Å². The quantitative estimate of drug-likeness (QED) is 0.908. The molecule has 0 unspecified atom stereocenters. The number of nitrogens with zero attached hydrogens (tertiary/aromatic N) is 1. The number of benzene rings is 2. The minimum atomic E-state index is -4.50. The van der Waals surface area contributed by atoms with Crippen LogP contribution in [0.15, 0.2) is 42.5 Å². The first-order chi connectivity index (χ1) is 10.7. The number of hydrogen-bond acceptors (Lipinski definition) is 2. The topological polar surface area (TPSA) is 32.3 Å². The third-order valence-electron chi connectivity index (χ3n) is 4.15. The van der Waals surface area contributed by atoms with E-state index in [9.17, 15) is 18.0 Å². The van der Waals surface area contributed by atoms with Gasteiger partial charge >= 0.3 is 6.18 Å². The Hall–Kier alpha value is -2.08. The van der Waals surface area contributed by atoms with Gasteiger partial charge in [0.25, 0.3) is 0 Å². The number of halogens is 3. The first-order valence-electron chi connectivity index (χ1n) is 7.33. The van der Waals surface area contributed by atoms with Gasteiger partial charge in [-0.05, 0) is 36.2 Å². The van der Waals surface area contributed by atoms with Gasteiger partial charge in [-0.3, -0.25) is 10.2 Å². The van der Waals surface area contributed by atoms with Crippen LogP contribution in [-0.2, 0) is 4.79 Å². The maximum atomic E-state index is 13.7. The third-order valence-corrected chi connectivity index (χ3v) is 4.15. The van der Waals surface area contributed by atoms with Crippen molar-refractivity contribution in [2.45, 2.75) is 38.0 Å². The standard InChI is InChI=1S/C17H17F3N2O/c1-16(2)10-14(23)21-22(16)15(17(18,19)20)13-8-7-11-5-3-4-6-12(11)9-13/h3-9,15H,10H2,1-2H3,(H,21,23)/t15-/m0/s1. The lowest BCUT2D eigenvalue weighted by Gasteiger charge is -2.38. The third kappa shape index (κ3) is 2.91. The highest BCUT2D eigenvalue weighted by molar-refractivity contribution is 5.83. The minimum Gasteiger partial charge on any atom is -0.287 e. The molecule has 0 saturated carbocycles. The molecule has 1 N–H and O–H groups in total. The van der Waals surface area contributed by atoms with Gasteiger partial charge < -0.3 is 0 Å². The van der Waals surface area contributed by atoms with Crippen LogP contribution in [0.3, 0.4) is 0 Å². The van der Waals surface area contributed by atoms with E-state index in [4.69, 9.17) is 0 Å². The Morgan fingerprint density at radius 1 is 1.13 bits per heavy atom. The van der Waals surface area contributed by atoms with Crippen molar-refractivity contribution >= 4 is 16.7 Å². The molecule has 0 radical (unpaired) electrons. The van der Waals surface area contributed by atoms with Gasteiger partial charge in [0, 0.05) is 12.0 Å². The van der Waals surface area contributed by atoms with Crippen molar-refractivity contribution in [2.24, 2.45) is 0 Å². The summed E-state index contributed by atoms with van der Waals surface area (Å²) in [5.74, 6) is -0.398. The molecule has 0 spiro atoms. The number of nitrogens with one attached hydrogen (secondary N) is 1. The Labute approximate surface area is 132 Å². The predicted octanol–water partition coefficient (Wildman–Crippen LogP) is 3.96. The van der Waals surface area contributed by atoms with Crippen LogP contribution >= 0.6 is 0 Å². The normalized spacial score (nSPS) is 19.8. The van der Waals surface area contributed by atoms with E-state index in [1.165, 1.54) is 12.1 Å². The molecule has 0 aliphatic carbocycles. The zero-order valence-electron chi connectivity index (χ0n) is 12.8. The number of hydrazine groups is 1. The summed E-state index contributed by atoms with van der Waals surface area (Å²) in [5, 5.41) is 2.64. The average molecular weight is 322 g/mol. The smallest absolute Gasteiger partial charge is 0.287 e. The zero-order chi connectivity index (χ0) is 16.8. The predicted molar refractivity (Wildman–Crippen MR) is 81.4 cm³/mol. The summed E-state index contributed by atoms with van der Waals surface area (Å²) < 4.78 is 41.2. The summed E-state index contributed by atoms with van der Waals surface area (Å²) >= 11 is 0. The second-order valence-electron chi connectivity index (χ2n) is 6.44. The van der Waals surface area contributed by atoms with E-state index in [-0.39, 0.29) is 12.0 Å². The van der Waals surface area contributed by atoms with Gasteiger partial charge in [0.2, 0.25) is 5.91 Å². The fraction of sp³-hybridized carbons (Fsp3) is 0.353. The van der Waals surface area contributed by atoms with Crippen molar-refractivity contribution in [1.29, 1.82) is 0 Å². The fourth-order valence-corrected chi connectivity index (χ4v) is 3.08. The molecular formula is C17H17F3N2O. The van der Waals surface area contributed by atoms with Gasteiger partial charge in [-0.15, -0.1) is 0 Å². The maximum absolute atomic E-state index is 13.7. The van der Waals surface area contributed by atoms with E-state index >= 15 is 0 Å². The van der Waals surface area contributed by atoms with Crippen molar-refractivity contribution in [1.82, 2.24) is 10.4 Å². The Morgan fingerprint density at radius 3 is 2.35 bits per heavy atom. The highest BCUT2D eigenvalue weighted by Crippen LogP contribution is 2.43. The van der Waals surface area contributed by atoms with E-state index in [2.05, 4.69) is 5.43 Å². The van der Waals surface area contributed by atoms with E-state index in [1.807, 2.05) is 12.1 Å². The van der Waals surface area contributed by atoms with Crippen LogP contribution < -0.4 is 5.43 Å². The molecule has 6 heteroatoms. The molecule has 3 rings (SSSR count). The summed E-state index contributed by atoms with van der Waals surface area (Å²) in [6, 6.07) is 10.1. The molecule has 0 bridgehead atoms. The lowest BCUT2D eigenvalue weighted by atomic mass is 9.95. The van der Waals surface area contributed by atoms with Gasteiger partial charge in [0.15, 0.2) is 6.04 Å². The number of rotatable bonds is 2. The van der Waals surface area contributed by atoms with Crippen molar-refractivity contribution < 1.29 is 18.0 Å². The second-order valence-corrected chi connectivity index (χ2v) is 6.44. The van der Waals surface area contributed by atoms with Crippen molar-refractivity contribution in [3.8, 4) is 0 Å². The molecular weight excluding hydrogens is 305 g/mol. The van der Waals surface area contributed by atoms with Gasteiger partial charge in [-0.1, -0.05) is 36.4 Å². The molecule has 1 saturated heterocycles. The lowest BCUT2D eigenvalue weighted by molar-refractivity contribution is -0.203. The van der Waals surface area contributed by atoms with Crippen LogP contribution in [-0.4, -0.2) is 22.6 Å². The highest BCUT2D eigenvalue weighted by Gasteiger charge is 2.52. The van der Waals surface area contributed by atoms with Crippen molar-refractivity contribution in [3.05, 3.63) is 48.0 Å². The second kappa shape index (κ2) is 5.23. The summed E-state index contributed by atoms with van der Waals surface area (Å²) in [6.45, 7) is 3.26. The van der Waals surface area contributed by atoms with E-state index < -0.39 is 23.7 Å². The molecule has 122 valence electrons. The molecule has 2 aromatic rings. The molecule has 1 atom stereocenters. The fourth-order valence-electron chi connectivity index (χ4n) is 3.08. The first kappa shape index (κ1) is 15.8. The molecule has 1 fully saturated rings. The van der Waals surface area contributed by atoms with Crippen LogP contribution in [0.1, 0.15) is 31.9 Å². The number of fused-ring (bicyclic) bond motifs is 1. The van der Waals surface area contributed by atoms with Crippen LogP contribution in [0.4, 0.5) is 13.2 Å².